The average Bonchev–Trinajstić information content (AvgIpc) is 2.49. The van der Waals surface area contributed by atoms with Crippen LogP contribution in [0.4, 0.5) is 0 Å². The Morgan fingerprint density at radius 3 is 2.24 bits per heavy atom. The third kappa shape index (κ3) is 5.09. The highest BCUT2D eigenvalue weighted by atomic mass is 35.5. The van der Waals surface area contributed by atoms with Crippen LogP contribution in [0.3, 0.4) is 0 Å². The van der Waals surface area contributed by atoms with Gasteiger partial charge in [0.15, 0.2) is 17.6 Å². The summed E-state index contributed by atoms with van der Waals surface area (Å²) in [7, 11) is -0.809. The Morgan fingerprint density at radius 2 is 1.82 bits per heavy atom. The zero-order valence-corrected chi connectivity index (χ0v) is 16.0. The SMILES string of the molecule is Cn1cc[n+](C[SiH2]O[Si](C)(C)[Si](C)(C)C)c1.[Cl-]. The number of aromatic nitrogens is 2. The maximum Gasteiger partial charge on any atom is 0.243 e. The van der Waals surface area contributed by atoms with Gasteiger partial charge < -0.3 is 16.5 Å². The third-order valence-corrected chi connectivity index (χ3v) is 23.6. The maximum atomic E-state index is 6.32. The number of nitrogens with zero attached hydrogens (tertiary/aromatic N) is 2. The molecule has 0 spiro atoms. The van der Waals surface area contributed by atoms with E-state index in [1.807, 2.05) is 0 Å². The van der Waals surface area contributed by atoms with Crippen molar-refractivity contribution < 1.29 is 21.1 Å². The molecule has 1 heterocycles. The molecule has 7 heteroatoms. The fraction of sp³-hybridized carbons (Fsp3) is 0.700. The largest absolute Gasteiger partial charge is 1.00 e. The summed E-state index contributed by atoms with van der Waals surface area (Å²) in [5.41, 5.74) is 0. The summed E-state index contributed by atoms with van der Waals surface area (Å²) in [5.74, 6) is 0. The summed E-state index contributed by atoms with van der Waals surface area (Å²) < 4.78 is 10.6. The summed E-state index contributed by atoms with van der Waals surface area (Å²) in [6.45, 7) is 12.1. The molecule has 0 aliphatic rings. The van der Waals surface area contributed by atoms with Gasteiger partial charge in [0.1, 0.15) is 12.4 Å². The lowest BCUT2D eigenvalue weighted by atomic mass is 10.9. The first kappa shape index (κ1) is 17.1. The van der Waals surface area contributed by atoms with Crippen molar-refractivity contribution in [1.29, 1.82) is 0 Å². The van der Waals surface area contributed by atoms with E-state index in [1.165, 1.54) is 0 Å². The van der Waals surface area contributed by atoms with E-state index in [1.54, 1.807) is 0 Å². The highest BCUT2D eigenvalue weighted by Gasteiger charge is 2.38. The van der Waals surface area contributed by atoms with Gasteiger partial charge in [-0.2, -0.15) is 0 Å². The Kier molecular flexibility index (Phi) is 6.37. The summed E-state index contributed by atoms with van der Waals surface area (Å²) in [5, 5.41) is 0. The monoisotopic (exact) mass is 308 g/mol. The van der Waals surface area contributed by atoms with E-state index in [4.69, 9.17) is 4.12 Å². The minimum atomic E-state index is -1.37. The molecule has 17 heavy (non-hydrogen) atoms. The summed E-state index contributed by atoms with van der Waals surface area (Å²) in [4.78, 5) is 0. The molecule has 0 aliphatic heterocycles. The molecular weight excluding hydrogens is 284 g/mol. The van der Waals surface area contributed by atoms with E-state index in [0.717, 1.165) is 6.17 Å². The van der Waals surface area contributed by atoms with Crippen LogP contribution in [0.5, 0.6) is 0 Å². The van der Waals surface area contributed by atoms with Gasteiger partial charge >= 0.3 is 0 Å². The quantitative estimate of drug-likeness (QED) is 0.454. The van der Waals surface area contributed by atoms with Gasteiger partial charge in [0.25, 0.3) is 0 Å². The Balaban J connectivity index is 0.00000256. The first-order chi connectivity index (χ1) is 7.22. The molecule has 3 nitrogen and oxygen atoms in total. The van der Waals surface area contributed by atoms with Crippen LogP contribution in [-0.4, -0.2) is 29.8 Å². The van der Waals surface area contributed by atoms with Crippen molar-refractivity contribution in [3.8, 4) is 0 Å². The van der Waals surface area contributed by atoms with Crippen LogP contribution >= 0.6 is 0 Å². The number of halogens is 1. The first-order valence-corrected chi connectivity index (χ1v) is 14.9. The van der Waals surface area contributed by atoms with E-state index in [9.17, 15) is 0 Å². The van der Waals surface area contributed by atoms with Crippen LogP contribution in [0.15, 0.2) is 18.7 Å². The molecule has 0 fully saturated rings. The fourth-order valence-corrected chi connectivity index (χ4v) is 10.7. The zero-order valence-electron chi connectivity index (χ0n) is 11.8. The Morgan fingerprint density at radius 1 is 1.24 bits per heavy atom. The lowest BCUT2D eigenvalue weighted by Gasteiger charge is -2.34. The summed E-state index contributed by atoms with van der Waals surface area (Å²) >= 11 is 0. The molecule has 1 aromatic rings. The standard InChI is InChI=1S/C10H25N2OSi3.ClH/c1-11-7-8-12(9-11)10-14-13-16(5,6)15(2,3)4;/h7-9H,10,14H2,1-6H3;1H/q+1;/p-1. The molecule has 0 saturated heterocycles. The number of imidazole rings is 1. The minimum absolute atomic E-state index is 0. The van der Waals surface area contributed by atoms with Gasteiger partial charge in [-0.25, -0.2) is 9.13 Å². The minimum Gasteiger partial charge on any atom is -1.00 e. The molecule has 0 aliphatic carbocycles. The molecule has 0 bridgehead atoms. The van der Waals surface area contributed by atoms with Crippen molar-refractivity contribution in [2.45, 2.75) is 38.9 Å². The molecular formula is C10H25ClN2OSi3. The van der Waals surface area contributed by atoms with Crippen molar-refractivity contribution in [3.63, 3.8) is 0 Å². The molecule has 0 amide bonds. The zero-order chi connectivity index (χ0) is 12.4. The predicted molar refractivity (Wildman–Crippen MR) is 76.1 cm³/mol. The van der Waals surface area contributed by atoms with Crippen LogP contribution in [0.25, 0.3) is 0 Å². The molecule has 0 atom stereocenters. The van der Waals surface area contributed by atoms with Crippen LogP contribution in [0.2, 0.25) is 32.7 Å². The maximum absolute atomic E-state index is 6.32. The van der Waals surface area contributed by atoms with E-state index >= 15 is 0 Å². The summed E-state index contributed by atoms with van der Waals surface area (Å²) in [6, 6.07) is 0. The first-order valence-electron chi connectivity index (χ1n) is 5.87. The van der Waals surface area contributed by atoms with Crippen LogP contribution in [0, 0.1) is 0 Å². The van der Waals surface area contributed by atoms with Gasteiger partial charge in [0.2, 0.25) is 6.33 Å². The Bertz CT molecular complexity index is 350. The molecule has 0 unspecified atom stereocenters. The lowest BCUT2D eigenvalue weighted by Crippen LogP contribution is -3.00. The van der Waals surface area contributed by atoms with E-state index < -0.39 is 25.2 Å². The smallest absolute Gasteiger partial charge is 0.243 e. The second kappa shape index (κ2) is 6.33. The number of aryl methyl sites for hydroxylation is 1. The Hall–Kier alpha value is 0.111. The third-order valence-electron chi connectivity index (χ3n) is 3.44. The number of hydrogen-bond acceptors (Lipinski definition) is 1. The van der Waals surface area contributed by atoms with E-state index in [-0.39, 0.29) is 12.4 Å². The van der Waals surface area contributed by atoms with Crippen molar-refractivity contribution >= 4 is 25.2 Å². The van der Waals surface area contributed by atoms with E-state index in [0.29, 0.717) is 0 Å². The second-order valence-corrected chi connectivity index (χ2v) is 23.6. The topological polar surface area (TPSA) is 18.0 Å². The highest BCUT2D eigenvalue weighted by Crippen LogP contribution is 2.18. The van der Waals surface area contributed by atoms with Crippen LogP contribution < -0.4 is 17.0 Å². The van der Waals surface area contributed by atoms with Crippen molar-refractivity contribution in [3.05, 3.63) is 18.7 Å². The Labute approximate surface area is 115 Å². The van der Waals surface area contributed by atoms with Crippen molar-refractivity contribution in [2.75, 3.05) is 0 Å². The molecule has 0 radical (unpaired) electrons. The van der Waals surface area contributed by atoms with Crippen LogP contribution in [-0.2, 0) is 17.3 Å². The highest BCUT2D eigenvalue weighted by molar-refractivity contribution is 7.38. The second-order valence-electron chi connectivity index (χ2n) is 5.93. The lowest BCUT2D eigenvalue weighted by molar-refractivity contribution is -0.679. The average molecular weight is 309 g/mol. The molecule has 0 aromatic carbocycles. The fourth-order valence-electron chi connectivity index (χ4n) is 1.26. The van der Waals surface area contributed by atoms with Gasteiger partial charge in [0, 0.05) is 0 Å². The predicted octanol–water partition coefficient (Wildman–Crippen LogP) is -2.00. The van der Waals surface area contributed by atoms with Crippen LogP contribution in [0.1, 0.15) is 0 Å². The van der Waals surface area contributed by atoms with Crippen molar-refractivity contribution in [1.82, 2.24) is 4.57 Å². The van der Waals surface area contributed by atoms with Crippen molar-refractivity contribution in [2.24, 2.45) is 7.05 Å². The van der Waals surface area contributed by atoms with Gasteiger partial charge in [-0.05, 0) is 13.1 Å². The van der Waals surface area contributed by atoms with E-state index in [2.05, 4.69) is 67.6 Å². The normalized spacial score (nSPS) is 13.1. The van der Waals surface area contributed by atoms with Gasteiger partial charge in [-0.1, -0.05) is 19.6 Å². The van der Waals surface area contributed by atoms with Gasteiger partial charge in [-0.3, -0.25) is 0 Å². The molecule has 1 aromatic heterocycles. The molecule has 100 valence electrons. The van der Waals surface area contributed by atoms with Gasteiger partial charge in [0.05, 0.1) is 20.8 Å². The summed E-state index contributed by atoms with van der Waals surface area (Å²) in [6.07, 6.45) is 7.43. The van der Waals surface area contributed by atoms with Gasteiger partial charge in [-0.15, -0.1) is 0 Å². The molecule has 1 rings (SSSR count). The number of rotatable bonds is 5. The molecule has 0 saturated carbocycles. The molecule has 0 N–H and O–H groups in total. The number of hydrogen-bond donors (Lipinski definition) is 0.